The molecule has 28 heavy (non-hydrogen) atoms. The molecule has 0 unspecified atom stereocenters. The van der Waals surface area contributed by atoms with Gasteiger partial charge in [0.05, 0.1) is 0 Å². The molecule has 0 bridgehead atoms. The fourth-order valence-corrected chi connectivity index (χ4v) is 2.76. The SMILES string of the molecule is O=C(Nc1ccc(NC(=O)C2CC2)cc1)c1cccc(Oc2ccccc2)c1. The van der Waals surface area contributed by atoms with E-state index in [1.807, 2.05) is 30.3 Å². The van der Waals surface area contributed by atoms with Crippen molar-refractivity contribution in [2.45, 2.75) is 12.8 Å². The Balaban J connectivity index is 1.39. The van der Waals surface area contributed by atoms with Crippen LogP contribution >= 0.6 is 0 Å². The average molecular weight is 372 g/mol. The van der Waals surface area contributed by atoms with E-state index in [4.69, 9.17) is 4.74 Å². The molecule has 2 amide bonds. The molecule has 5 nitrogen and oxygen atoms in total. The Morgan fingerprint density at radius 1 is 0.750 bits per heavy atom. The van der Waals surface area contributed by atoms with Crippen molar-refractivity contribution in [3.8, 4) is 11.5 Å². The molecule has 1 aliphatic rings. The Bertz CT molecular complexity index is 980. The van der Waals surface area contributed by atoms with Gasteiger partial charge in [-0.1, -0.05) is 24.3 Å². The predicted octanol–water partition coefficient (Wildman–Crippen LogP) is 5.08. The van der Waals surface area contributed by atoms with Crippen LogP contribution in [0.25, 0.3) is 0 Å². The number of anilines is 2. The van der Waals surface area contributed by atoms with Gasteiger partial charge in [0.25, 0.3) is 5.91 Å². The van der Waals surface area contributed by atoms with Crippen LogP contribution in [0, 0.1) is 5.92 Å². The average Bonchev–Trinajstić information content (AvgIpc) is 3.56. The van der Waals surface area contributed by atoms with Gasteiger partial charge in [0.1, 0.15) is 11.5 Å². The highest BCUT2D eigenvalue weighted by molar-refractivity contribution is 6.04. The van der Waals surface area contributed by atoms with Crippen molar-refractivity contribution in [1.29, 1.82) is 0 Å². The van der Waals surface area contributed by atoms with Crippen LogP contribution in [0.15, 0.2) is 78.9 Å². The van der Waals surface area contributed by atoms with Crippen molar-refractivity contribution >= 4 is 23.2 Å². The van der Waals surface area contributed by atoms with Crippen molar-refractivity contribution in [2.75, 3.05) is 10.6 Å². The van der Waals surface area contributed by atoms with E-state index in [1.165, 1.54) is 0 Å². The lowest BCUT2D eigenvalue weighted by Gasteiger charge is -2.09. The Morgan fingerprint density at radius 2 is 1.39 bits per heavy atom. The summed E-state index contributed by atoms with van der Waals surface area (Å²) >= 11 is 0. The summed E-state index contributed by atoms with van der Waals surface area (Å²) in [6, 6.07) is 23.5. The number of benzene rings is 3. The lowest BCUT2D eigenvalue weighted by atomic mass is 10.2. The molecule has 0 radical (unpaired) electrons. The van der Waals surface area contributed by atoms with Gasteiger partial charge in [-0.2, -0.15) is 0 Å². The molecule has 5 heteroatoms. The molecule has 1 fully saturated rings. The molecule has 4 rings (SSSR count). The van der Waals surface area contributed by atoms with Crippen LogP contribution in [0.4, 0.5) is 11.4 Å². The van der Waals surface area contributed by atoms with Crippen LogP contribution in [0.2, 0.25) is 0 Å². The monoisotopic (exact) mass is 372 g/mol. The molecule has 1 saturated carbocycles. The van der Waals surface area contributed by atoms with Gasteiger partial charge in [0.2, 0.25) is 5.91 Å². The number of rotatable bonds is 6. The highest BCUT2D eigenvalue weighted by atomic mass is 16.5. The van der Waals surface area contributed by atoms with E-state index in [-0.39, 0.29) is 17.7 Å². The fraction of sp³-hybridized carbons (Fsp3) is 0.130. The van der Waals surface area contributed by atoms with Crippen molar-refractivity contribution < 1.29 is 14.3 Å². The summed E-state index contributed by atoms with van der Waals surface area (Å²) in [5.41, 5.74) is 1.89. The van der Waals surface area contributed by atoms with Gasteiger partial charge < -0.3 is 15.4 Å². The van der Waals surface area contributed by atoms with Crippen LogP contribution in [0.5, 0.6) is 11.5 Å². The molecule has 0 atom stereocenters. The third kappa shape index (κ3) is 4.57. The van der Waals surface area contributed by atoms with Crippen LogP contribution < -0.4 is 15.4 Å². The maximum atomic E-state index is 12.5. The molecule has 0 aromatic heterocycles. The normalized spacial score (nSPS) is 12.9. The van der Waals surface area contributed by atoms with E-state index in [1.54, 1.807) is 48.5 Å². The predicted molar refractivity (Wildman–Crippen MR) is 109 cm³/mol. The molecule has 3 aromatic carbocycles. The molecule has 2 N–H and O–H groups in total. The number of carbonyl (C=O) groups excluding carboxylic acids is 2. The highest BCUT2D eigenvalue weighted by Crippen LogP contribution is 2.30. The number of para-hydroxylation sites is 1. The van der Waals surface area contributed by atoms with Gasteiger partial charge in [-0.05, 0) is 67.4 Å². The Morgan fingerprint density at radius 3 is 2.07 bits per heavy atom. The molecule has 0 heterocycles. The number of hydrogen-bond donors (Lipinski definition) is 2. The first-order valence-corrected chi connectivity index (χ1v) is 9.23. The standard InChI is InChI=1S/C23H20N2O3/c26-22(16-9-10-16)24-18-11-13-19(14-12-18)25-23(27)17-5-4-8-21(15-17)28-20-6-2-1-3-7-20/h1-8,11-16H,9-10H2,(H,24,26)(H,25,27). The third-order valence-corrected chi connectivity index (χ3v) is 4.43. The summed E-state index contributed by atoms with van der Waals surface area (Å²) in [7, 11) is 0. The summed E-state index contributed by atoms with van der Waals surface area (Å²) < 4.78 is 5.78. The molecule has 0 saturated heterocycles. The zero-order valence-corrected chi connectivity index (χ0v) is 15.2. The first-order chi connectivity index (χ1) is 13.7. The van der Waals surface area contributed by atoms with E-state index in [0.717, 1.165) is 18.5 Å². The molecule has 140 valence electrons. The van der Waals surface area contributed by atoms with E-state index >= 15 is 0 Å². The largest absolute Gasteiger partial charge is 0.457 e. The smallest absolute Gasteiger partial charge is 0.255 e. The summed E-state index contributed by atoms with van der Waals surface area (Å²) in [5.74, 6) is 1.30. The third-order valence-electron chi connectivity index (χ3n) is 4.43. The molecule has 0 spiro atoms. The second-order valence-electron chi connectivity index (χ2n) is 6.74. The van der Waals surface area contributed by atoms with Crippen molar-refractivity contribution in [3.63, 3.8) is 0 Å². The van der Waals surface area contributed by atoms with Gasteiger partial charge in [0.15, 0.2) is 0 Å². The fourth-order valence-electron chi connectivity index (χ4n) is 2.76. The number of ether oxygens (including phenoxy) is 1. The summed E-state index contributed by atoms with van der Waals surface area (Å²) in [6.07, 6.45) is 1.93. The lowest BCUT2D eigenvalue weighted by Crippen LogP contribution is -2.14. The first-order valence-electron chi connectivity index (χ1n) is 9.23. The summed E-state index contributed by atoms with van der Waals surface area (Å²) in [4.78, 5) is 24.3. The molecular formula is C23H20N2O3. The van der Waals surface area contributed by atoms with Crippen molar-refractivity contribution in [1.82, 2.24) is 0 Å². The van der Waals surface area contributed by atoms with Crippen molar-refractivity contribution in [2.24, 2.45) is 5.92 Å². The van der Waals surface area contributed by atoms with Crippen LogP contribution in [-0.4, -0.2) is 11.8 Å². The zero-order chi connectivity index (χ0) is 19.3. The van der Waals surface area contributed by atoms with Gasteiger partial charge >= 0.3 is 0 Å². The molecular weight excluding hydrogens is 352 g/mol. The van der Waals surface area contributed by atoms with Crippen LogP contribution in [-0.2, 0) is 4.79 Å². The molecule has 3 aromatic rings. The maximum Gasteiger partial charge on any atom is 0.255 e. The summed E-state index contributed by atoms with van der Waals surface area (Å²) in [6.45, 7) is 0. The number of hydrogen-bond acceptors (Lipinski definition) is 3. The molecule has 1 aliphatic carbocycles. The zero-order valence-electron chi connectivity index (χ0n) is 15.2. The topological polar surface area (TPSA) is 67.4 Å². The minimum Gasteiger partial charge on any atom is -0.457 e. The second-order valence-corrected chi connectivity index (χ2v) is 6.74. The number of nitrogens with one attached hydrogen (secondary N) is 2. The molecule has 0 aliphatic heterocycles. The van der Waals surface area contributed by atoms with Crippen LogP contribution in [0.3, 0.4) is 0 Å². The lowest BCUT2D eigenvalue weighted by molar-refractivity contribution is -0.117. The number of amides is 2. The van der Waals surface area contributed by atoms with Gasteiger partial charge in [0, 0.05) is 22.9 Å². The Hall–Kier alpha value is -3.60. The highest BCUT2D eigenvalue weighted by Gasteiger charge is 2.29. The number of carbonyl (C=O) groups is 2. The quantitative estimate of drug-likeness (QED) is 0.634. The maximum absolute atomic E-state index is 12.5. The van der Waals surface area contributed by atoms with Gasteiger partial charge in [-0.25, -0.2) is 0 Å². The van der Waals surface area contributed by atoms with E-state index in [0.29, 0.717) is 22.7 Å². The second kappa shape index (κ2) is 7.96. The minimum atomic E-state index is -0.228. The Labute approximate surface area is 163 Å². The van der Waals surface area contributed by atoms with E-state index < -0.39 is 0 Å². The Kier molecular flexibility index (Phi) is 5.06. The van der Waals surface area contributed by atoms with E-state index in [2.05, 4.69) is 10.6 Å². The van der Waals surface area contributed by atoms with E-state index in [9.17, 15) is 9.59 Å². The van der Waals surface area contributed by atoms with Gasteiger partial charge in [-0.3, -0.25) is 9.59 Å². The minimum absolute atomic E-state index is 0.0621. The summed E-state index contributed by atoms with van der Waals surface area (Å²) in [5, 5.41) is 5.74. The van der Waals surface area contributed by atoms with Crippen LogP contribution in [0.1, 0.15) is 23.2 Å². The van der Waals surface area contributed by atoms with Crippen molar-refractivity contribution in [3.05, 3.63) is 84.4 Å². The first kappa shape index (κ1) is 17.8. The van der Waals surface area contributed by atoms with Gasteiger partial charge in [-0.15, -0.1) is 0 Å².